The van der Waals surface area contributed by atoms with Crippen molar-refractivity contribution in [2.45, 2.75) is 13.0 Å². The molecule has 1 atom stereocenters. The molecule has 4 N–H and O–H groups in total. The van der Waals surface area contributed by atoms with Gasteiger partial charge in [-0.15, -0.1) is 6.42 Å². The monoisotopic (exact) mass is 248 g/mol. The Bertz CT molecular complexity index is 519. The van der Waals surface area contributed by atoms with E-state index in [-0.39, 0.29) is 11.3 Å². The van der Waals surface area contributed by atoms with Crippen LogP contribution in [0.1, 0.15) is 17.3 Å². The molecule has 0 bridgehead atoms. The lowest BCUT2D eigenvalue weighted by molar-refractivity contribution is 0.0693. The summed E-state index contributed by atoms with van der Waals surface area (Å²) in [7, 11) is 0. The predicted octanol–water partition coefficient (Wildman–Crippen LogP) is 1.23. The first-order valence-electron chi connectivity index (χ1n) is 5.04. The van der Waals surface area contributed by atoms with E-state index < -0.39 is 23.8 Å². The number of rotatable bonds is 3. The maximum atomic E-state index is 11.4. The Morgan fingerprint density at radius 2 is 2.11 bits per heavy atom. The second kappa shape index (κ2) is 5.59. The number of hydrogen-bond acceptors (Lipinski definition) is 3. The molecule has 18 heavy (non-hydrogen) atoms. The summed E-state index contributed by atoms with van der Waals surface area (Å²) in [6.45, 7) is 1.60. The van der Waals surface area contributed by atoms with Crippen molar-refractivity contribution in [2.75, 3.05) is 5.32 Å². The average molecular weight is 248 g/mol. The molecule has 0 saturated carbocycles. The van der Waals surface area contributed by atoms with Crippen LogP contribution in [0.5, 0.6) is 5.75 Å². The van der Waals surface area contributed by atoms with Crippen LogP contribution in [0.2, 0.25) is 0 Å². The summed E-state index contributed by atoms with van der Waals surface area (Å²) >= 11 is 0. The highest BCUT2D eigenvalue weighted by Gasteiger charge is 2.14. The number of benzene rings is 1. The fourth-order valence-electron chi connectivity index (χ4n) is 1.21. The molecule has 1 unspecified atom stereocenters. The molecule has 0 spiro atoms. The molecular weight excluding hydrogens is 236 g/mol. The molecule has 94 valence electrons. The standard InChI is InChI=1S/C12H12N2O4/c1-3-7(2)13-12(18)14-9-6-4-5-8(10(9)15)11(16)17/h1,4-7,15H,2H3,(H,16,17)(H2,13,14,18). The highest BCUT2D eigenvalue weighted by Crippen LogP contribution is 2.27. The van der Waals surface area contributed by atoms with Crippen LogP contribution in [0.25, 0.3) is 0 Å². The van der Waals surface area contributed by atoms with E-state index in [4.69, 9.17) is 11.5 Å². The number of amides is 2. The van der Waals surface area contributed by atoms with Gasteiger partial charge in [-0.25, -0.2) is 9.59 Å². The van der Waals surface area contributed by atoms with E-state index in [2.05, 4.69) is 16.6 Å². The van der Waals surface area contributed by atoms with Crippen LogP contribution in [0, 0.1) is 12.3 Å². The van der Waals surface area contributed by atoms with E-state index in [1.54, 1.807) is 6.92 Å². The van der Waals surface area contributed by atoms with E-state index in [9.17, 15) is 14.7 Å². The van der Waals surface area contributed by atoms with Crippen LogP contribution < -0.4 is 10.6 Å². The first kappa shape index (κ1) is 13.4. The van der Waals surface area contributed by atoms with Gasteiger partial charge in [0.2, 0.25) is 0 Å². The molecule has 0 radical (unpaired) electrons. The zero-order valence-electron chi connectivity index (χ0n) is 9.60. The van der Waals surface area contributed by atoms with Crippen LogP contribution in [-0.2, 0) is 0 Å². The number of carbonyl (C=O) groups is 2. The Balaban J connectivity index is 2.86. The van der Waals surface area contributed by atoms with Crippen LogP contribution in [-0.4, -0.2) is 28.3 Å². The Labute approximate surface area is 104 Å². The van der Waals surface area contributed by atoms with Crippen molar-refractivity contribution >= 4 is 17.7 Å². The number of terminal acetylenes is 1. The Morgan fingerprint density at radius 1 is 1.44 bits per heavy atom. The van der Waals surface area contributed by atoms with Crippen molar-refractivity contribution < 1.29 is 19.8 Å². The Morgan fingerprint density at radius 3 is 2.67 bits per heavy atom. The van der Waals surface area contributed by atoms with Gasteiger partial charge in [0.25, 0.3) is 0 Å². The van der Waals surface area contributed by atoms with E-state index in [0.29, 0.717) is 0 Å². The number of para-hydroxylation sites is 1. The zero-order valence-corrected chi connectivity index (χ0v) is 9.60. The highest BCUT2D eigenvalue weighted by molar-refractivity contribution is 5.97. The number of aromatic carboxylic acids is 1. The number of carboxylic acids is 1. The van der Waals surface area contributed by atoms with Crippen molar-refractivity contribution in [1.29, 1.82) is 0 Å². The van der Waals surface area contributed by atoms with E-state index in [1.807, 2.05) is 0 Å². The molecule has 6 nitrogen and oxygen atoms in total. The van der Waals surface area contributed by atoms with Gasteiger partial charge in [-0.3, -0.25) is 0 Å². The van der Waals surface area contributed by atoms with Gasteiger partial charge < -0.3 is 20.8 Å². The largest absolute Gasteiger partial charge is 0.505 e. The number of anilines is 1. The summed E-state index contributed by atoms with van der Waals surface area (Å²) in [5, 5.41) is 23.1. The second-order valence-electron chi connectivity index (χ2n) is 3.49. The molecule has 0 saturated heterocycles. The SMILES string of the molecule is C#CC(C)NC(=O)Nc1cccc(C(=O)O)c1O. The number of aromatic hydroxyl groups is 1. The van der Waals surface area contributed by atoms with Crippen molar-refractivity contribution in [1.82, 2.24) is 5.32 Å². The summed E-state index contributed by atoms with van der Waals surface area (Å²) in [5.41, 5.74) is -0.297. The van der Waals surface area contributed by atoms with Crippen LogP contribution >= 0.6 is 0 Å². The minimum Gasteiger partial charge on any atom is -0.505 e. The second-order valence-corrected chi connectivity index (χ2v) is 3.49. The lowest BCUT2D eigenvalue weighted by Gasteiger charge is -2.11. The molecule has 0 aromatic heterocycles. The number of carbonyl (C=O) groups excluding carboxylic acids is 1. The summed E-state index contributed by atoms with van der Waals surface area (Å²) in [5.74, 6) is 0.508. The van der Waals surface area contributed by atoms with Gasteiger partial charge in [0.1, 0.15) is 5.56 Å². The van der Waals surface area contributed by atoms with Crippen LogP contribution in [0.3, 0.4) is 0 Å². The molecule has 0 aliphatic rings. The normalized spacial score (nSPS) is 11.1. The molecule has 1 rings (SSSR count). The summed E-state index contributed by atoms with van der Waals surface area (Å²) in [6.07, 6.45) is 5.09. The lowest BCUT2D eigenvalue weighted by Crippen LogP contribution is -2.35. The molecule has 0 aliphatic carbocycles. The quantitative estimate of drug-likeness (QED) is 0.477. The van der Waals surface area contributed by atoms with Gasteiger partial charge in [-0.2, -0.15) is 0 Å². The summed E-state index contributed by atoms with van der Waals surface area (Å²) in [4.78, 5) is 22.2. The van der Waals surface area contributed by atoms with Crippen molar-refractivity contribution in [3.05, 3.63) is 23.8 Å². The van der Waals surface area contributed by atoms with Crippen LogP contribution in [0.4, 0.5) is 10.5 Å². The molecule has 2 amide bonds. The highest BCUT2D eigenvalue weighted by atomic mass is 16.4. The number of nitrogens with one attached hydrogen (secondary N) is 2. The average Bonchev–Trinajstić information content (AvgIpc) is 2.31. The Kier molecular flexibility index (Phi) is 4.16. The lowest BCUT2D eigenvalue weighted by atomic mass is 10.1. The molecule has 0 aliphatic heterocycles. The van der Waals surface area contributed by atoms with Gasteiger partial charge in [-0.05, 0) is 19.1 Å². The fraction of sp³-hybridized carbons (Fsp3) is 0.167. The molecule has 1 aromatic rings. The minimum atomic E-state index is -1.28. The molecule has 0 heterocycles. The Hall–Kier alpha value is -2.68. The third kappa shape index (κ3) is 3.15. The predicted molar refractivity (Wildman–Crippen MR) is 65.5 cm³/mol. The maximum Gasteiger partial charge on any atom is 0.339 e. The number of urea groups is 1. The van der Waals surface area contributed by atoms with E-state index in [1.165, 1.54) is 18.2 Å². The van der Waals surface area contributed by atoms with Gasteiger partial charge in [0, 0.05) is 0 Å². The van der Waals surface area contributed by atoms with E-state index >= 15 is 0 Å². The topological polar surface area (TPSA) is 98.7 Å². The van der Waals surface area contributed by atoms with Gasteiger partial charge in [0.15, 0.2) is 5.75 Å². The number of hydrogen-bond donors (Lipinski definition) is 4. The maximum absolute atomic E-state index is 11.4. The van der Waals surface area contributed by atoms with Crippen molar-refractivity contribution in [3.8, 4) is 18.1 Å². The summed E-state index contributed by atoms with van der Waals surface area (Å²) < 4.78 is 0. The van der Waals surface area contributed by atoms with Crippen molar-refractivity contribution in [2.24, 2.45) is 0 Å². The zero-order chi connectivity index (χ0) is 13.7. The molecule has 6 heteroatoms. The third-order valence-electron chi connectivity index (χ3n) is 2.11. The van der Waals surface area contributed by atoms with E-state index in [0.717, 1.165) is 0 Å². The fourth-order valence-corrected chi connectivity index (χ4v) is 1.21. The van der Waals surface area contributed by atoms with Crippen molar-refractivity contribution in [3.63, 3.8) is 0 Å². The smallest absolute Gasteiger partial charge is 0.339 e. The van der Waals surface area contributed by atoms with Crippen LogP contribution in [0.15, 0.2) is 18.2 Å². The first-order chi connectivity index (χ1) is 8.45. The number of phenols is 1. The van der Waals surface area contributed by atoms with Gasteiger partial charge in [0.05, 0.1) is 11.7 Å². The molecule has 1 aromatic carbocycles. The molecule has 0 fully saturated rings. The number of carboxylic acid groups (broad SMARTS) is 1. The van der Waals surface area contributed by atoms with Gasteiger partial charge in [-0.1, -0.05) is 12.0 Å². The third-order valence-corrected chi connectivity index (χ3v) is 2.11. The first-order valence-corrected chi connectivity index (χ1v) is 5.04. The minimum absolute atomic E-state index is 0.00313. The van der Waals surface area contributed by atoms with Gasteiger partial charge >= 0.3 is 12.0 Å². The molecular formula is C12H12N2O4. The summed E-state index contributed by atoms with van der Waals surface area (Å²) in [6, 6.07) is 2.91.